The predicted molar refractivity (Wildman–Crippen MR) is 71.1 cm³/mol. The Balaban J connectivity index is 2.26. The van der Waals surface area contributed by atoms with E-state index in [4.69, 9.17) is 0 Å². The van der Waals surface area contributed by atoms with Gasteiger partial charge < -0.3 is 16.0 Å². The van der Waals surface area contributed by atoms with Crippen LogP contribution in [0.1, 0.15) is 40.0 Å². The molecule has 1 saturated heterocycles. The first-order valence-electron chi connectivity index (χ1n) is 6.72. The van der Waals surface area contributed by atoms with E-state index in [-0.39, 0.29) is 23.3 Å². The number of rotatable bonds is 5. The minimum Gasteiger partial charge on any atom is -0.355 e. The number of nitrogens with one attached hydrogen (secondary N) is 3. The fourth-order valence-electron chi connectivity index (χ4n) is 2.15. The molecular formula is C13H25N3O2. The molecule has 5 nitrogen and oxygen atoms in total. The highest BCUT2D eigenvalue weighted by molar-refractivity contribution is 5.83. The molecule has 18 heavy (non-hydrogen) atoms. The van der Waals surface area contributed by atoms with Gasteiger partial charge in [-0.25, -0.2) is 0 Å². The maximum Gasteiger partial charge on any atom is 0.227 e. The third-order valence-corrected chi connectivity index (χ3v) is 3.23. The van der Waals surface area contributed by atoms with E-state index < -0.39 is 0 Å². The normalized spacial score (nSPS) is 23.8. The summed E-state index contributed by atoms with van der Waals surface area (Å²) in [6, 6.07) is 0.147. The molecule has 0 aliphatic carbocycles. The van der Waals surface area contributed by atoms with Crippen molar-refractivity contribution in [3.8, 4) is 0 Å². The lowest BCUT2D eigenvalue weighted by Gasteiger charge is -2.32. The second kappa shape index (κ2) is 6.73. The maximum atomic E-state index is 12.0. The summed E-state index contributed by atoms with van der Waals surface area (Å²) >= 11 is 0. The van der Waals surface area contributed by atoms with Gasteiger partial charge in [0.05, 0.1) is 5.41 Å². The summed E-state index contributed by atoms with van der Waals surface area (Å²) in [6.45, 7) is 7.93. The highest BCUT2D eigenvalue weighted by Crippen LogP contribution is 2.25. The van der Waals surface area contributed by atoms with Crippen molar-refractivity contribution in [1.29, 1.82) is 0 Å². The first-order chi connectivity index (χ1) is 8.44. The molecule has 0 aromatic carbocycles. The molecule has 0 aromatic rings. The van der Waals surface area contributed by atoms with Gasteiger partial charge in [0, 0.05) is 25.6 Å². The average molecular weight is 255 g/mol. The zero-order valence-corrected chi connectivity index (χ0v) is 11.6. The summed E-state index contributed by atoms with van der Waals surface area (Å²) in [7, 11) is 0. The Kier molecular flexibility index (Phi) is 5.59. The van der Waals surface area contributed by atoms with Crippen LogP contribution in [0.25, 0.3) is 0 Å². The Morgan fingerprint density at radius 2 is 2.11 bits per heavy atom. The second-order valence-electron chi connectivity index (χ2n) is 5.57. The second-order valence-corrected chi connectivity index (χ2v) is 5.57. The van der Waals surface area contributed by atoms with Crippen molar-refractivity contribution in [3.05, 3.63) is 0 Å². The molecule has 1 rings (SSSR count). The van der Waals surface area contributed by atoms with E-state index in [1.165, 1.54) is 0 Å². The van der Waals surface area contributed by atoms with E-state index >= 15 is 0 Å². The summed E-state index contributed by atoms with van der Waals surface area (Å²) in [5.74, 6) is 0.0317. The minimum atomic E-state index is -0.327. The first-order valence-corrected chi connectivity index (χ1v) is 6.72. The molecule has 2 amide bonds. The van der Waals surface area contributed by atoms with E-state index in [0.29, 0.717) is 13.0 Å². The van der Waals surface area contributed by atoms with Crippen LogP contribution in [-0.4, -0.2) is 37.5 Å². The number of carbonyl (C=O) groups excluding carboxylic acids is 2. The molecule has 1 fully saturated rings. The van der Waals surface area contributed by atoms with Crippen LogP contribution in [0.15, 0.2) is 0 Å². The van der Waals surface area contributed by atoms with Crippen LogP contribution in [0.4, 0.5) is 0 Å². The molecule has 0 bridgehead atoms. The van der Waals surface area contributed by atoms with E-state index in [2.05, 4.69) is 16.0 Å². The molecule has 0 spiro atoms. The summed E-state index contributed by atoms with van der Waals surface area (Å²) in [5, 5.41) is 8.90. The Morgan fingerprint density at radius 1 is 1.39 bits per heavy atom. The van der Waals surface area contributed by atoms with Crippen molar-refractivity contribution >= 4 is 11.8 Å². The SMILES string of the molecule is CC(C)NC(=O)CCNC(=O)C1(C)CCCNC1. The lowest BCUT2D eigenvalue weighted by molar-refractivity contribution is -0.131. The average Bonchev–Trinajstić information content (AvgIpc) is 2.28. The molecule has 0 saturated carbocycles. The van der Waals surface area contributed by atoms with Crippen LogP contribution in [0.2, 0.25) is 0 Å². The predicted octanol–water partition coefficient (Wildman–Crippen LogP) is 0.407. The molecule has 3 N–H and O–H groups in total. The number of hydrogen-bond acceptors (Lipinski definition) is 3. The van der Waals surface area contributed by atoms with Crippen molar-refractivity contribution < 1.29 is 9.59 Å². The van der Waals surface area contributed by atoms with E-state index in [1.54, 1.807) is 0 Å². The van der Waals surface area contributed by atoms with Crippen LogP contribution >= 0.6 is 0 Å². The summed E-state index contributed by atoms with van der Waals surface area (Å²) in [5.41, 5.74) is -0.327. The molecule has 0 radical (unpaired) electrons. The largest absolute Gasteiger partial charge is 0.355 e. The van der Waals surface area contributed by atoms with Gasteiger partial charge in [0.15, 0.2) is 0 Å². The quantitative estimate of drug-likeness (QED) is 0.666. The van der Waals surface area contributed by atoms with Gasteiger partial charge in [-0.05, 0) is 40.2 Å². The molecule has 1 aliphatic heterocycles. The smallest absolute Gasteiger partial charge is 0.227 e. The van der Waals surface area contributed by atoms with Crippen molar-refractivity contribution in [2.75, 3.05) is 19.6 Å². The third kappa shape index (κ3) is 4.64. The van der Waals surface area contributed by atoms with Gasteiger partial charge in [0.1, 0.15) is 0 Å². The van der Waals surface area contributed by atoms with Gasteiger partial charge in [-0.3, -0.25) is 9.59 Å². The van der Waals surface area contributed by atoms with Gasteiger partial charge in [-0.15, -0.1) is 0 Å². The number of hydrogen-bond donors (Lipinski definition) is 3. The standard InChI is InChI=1S/C13H25N3O2/c1-10(2)16-11(17)5-8-15-12(18)13(3)6-4-7-14-9-13/h10,14H,4-9H2,1-3H3,(H,15,18)(H,16,17). The highest BCUT2D eigenvalue weighted by atomic mass is 16.2. The zero-order chi connectivity index (χ0) is 13.6. The summed E-state index contributed by atoms with van der Waals surface area (Å²) < 4.78 is 0. The maximum absolute atomic E-state index is 12.0. The van der Waals surface area contributed by atoms with Crippen LogP contribution in [-0.2, 0) is 9.59 Å². The fraction of sp³-hybridized carbons (Fsp3) is 0.846. The number of carbonyl (C=O) groups is 2. The van der Waals surface area contributed by atoms with Crippen molar-refractivity contribution in [1.82, 2.24) is 16.0 Å². The Hall–Kier alpha value is -1.10. The van der Waals surface area contributed by atoms with Gasteiger partial charge in [-0.2, -0.15) is 0 Å². The third-order valence-electron chi connectivity index (χ3n) is 3.23. The van der Waals surface area contributed by atoms with Gasteiger partial charge in [-0.1, -0.05) is 0 Å². The lowest BCUT2D eigenvalue weighted by atomic mass is 9.82. The molecule has 1 unspecified atom stereocenters. The molecule has 5 heteroatoms. The van der Waals surface area contributed by atoms with Crippen LogP contribution < -0.4 is 16.0 Å². The number of amides is 2. The zero-order valence-electron chi connectivity index (χ0n) is 11.6. The van der Waals surface area contributed by atoms with Gasteiger partial charge in [0.25, 0.3) is 0 Å². The Labute approximate surface area is 109 Å². The summed E-state index contributed by atoms with van der Waals surface area (Å²) in [6.07, 6.45) is 2.27. The van der Waals surface area contributed by atoms with Gasteiger partial charge >= 0.3 is 0 Å². The monoisotopic (exact) mass is 255 g/mol. The van der Waals surface area contributed by atoms with Crippen LogP contribution in [0.5, 0.6) is 0 Å². The van der Waals surface area contributed by atoms with Gasteiger partial charge in [0.2, 0.25) is 11.8 Å². The van der Waals surface area contributed by atoms with Crippen LogP contribution in [0.3, 0.4) is 0 Å². The van der Waals surface area contributed by atoms with Crippen molar-refractivity contribution in [2.45, 2.75) is 46.1 Å². The van der Waals surface area contributed by atoms with E-state index in [0.717, 1.165) is 25.9 Å². The lowest BCUT2D eigenvalue weighted by Crippen LogP contribution is -2.49. The molecule has 1 heterocycles. The fourth-order valence-corrected chi connectivity index (χ4v) is 2.15. The minimum absolute atomic E-state index is 0.0165. The Morgan fingerprint density at radius 3 is 2.67 bits per heavy atom. The highest BCUT2D eigenvalue weighted by Gasteiger charge is 2.34. The Bertz CT molecular complexity index is 297. The molecule has 104 valence electrons. The van der Waals surface area contributed by atoms with E-state index in [1.807, 2.05) is 20.8 Å². The molecular weight excluding hydrogens is 230 g/mol. The molecule has 1 atom stereocenters. The molecule has 1 aliphatic rings. The van der Waals surface area contributed by atoms with Crippen molar-refractivity contribution in [2.24, 2.45) is 5.41 Å². The van der Waals surface area contributed by atoms with Crippen molar-refractivity contribution in [3.63, 3.8) is 0 Å². The van der Waals surface area contributed by atoms with E-state index in [9.17, 15) is 9.59 Å². The number of piperidine rings is 1. The summed E-state index contributed by atoms with van der Waals surface area (Å²) in [4.78, 5) is 23.5. The first kappa shape index (κ1) is 15.0. The molecule has 0 aromatic heterocycles. The topological polar surface area (TPSA) is 70.2 Å². The van der Waals surface area contributed by atoms with Crippen LogP contribution in [0, 0.1) is 5.41 Å².